The lowest BCUT2D eigenvalue weighted by molar-refractivity contribution is 0.0257. The number of halogens is 2. The molecule has 3 heterocycles. The molecule has 0 fully saturated rings. The number of anilines is 3. The summed E-state index contributed by atoms with van der Waals surface area (Å²) >= 11 is 12.6. The lowest BCUT2D eigenvalue weighted by atomic mass is 9.92. The Morgan fingerprint density at radius 1 is 1.19 bits per heavy atom. The van der Waals surface area contributed by atoms with Crippen molar-refractivity contribution in [1.29, 1.82) is 0 Å². The number of aryl methyl sites for hydroxylation is 1. The molecular weight excluding hydrogens is 383 g/mol. The van der Waals surface area contributed by atoms with E-state index in [1.165, 1.54) is 0 Å². The highest BCUT2D eigenvalue weighted by atomic mass is 35.5. The van der Waals surface area contributed by atoms with Crippen LogP contribution in [-0.2, 0) is 0 Å². The fourth-order valence-electron chi connectivity index (χ4n) is 4.30. The van der Waals surface area contributed by atoms with E-state index in [1.807, 2.05) is 32.9 Å². The van der Waals surface area contributed by atoms with E-state index in [0.29, 0.717) is 34.6 Å². The van der Waals surface area contributed by atoms with E-state index in [9.17, 15) is 5.11 Å². The van der Waals surface area contributed by atoms with Crippen molar-refractivity contribution in [3.05, 3.63) is 39.6 Å². The number of nitrogens with zero attached hydrogens (tertiary/aromatic N) is 4. The van der Waals surface area contributed by atoms with E-state index < -0.39 is 5.72 Å². The molecule has 7 heteroatoms. The van der Waals surface area contributed by atoms with Crippen molar-refractivity contribution in [2.75, 3.05) is 22.9 Å². The van der Waals surface area contributed by atoms with Gasteiger partial charge in [-0.25, -0.2) is 9.97 Å². The highest BCUT2D eigenvalue weighted by molar-refractivity contribution is 6.36. The summed E-state index contributed by atoms with van der Waals surface area (Å²) in [6.45, 7) is 7.53. The Labute approximate surface area is 169 Å². The van der Waals surface area contributed by atoms with Gasteiger partial charge in [-0.05, 0) is 44.4 Å². The van der Waals surface area contributed by atoms with Crippen LogP contribution in [0.3, 0.4) is 0 Å². The zero-order valence-corrected chi connectivity index (χ0v) is 17.3. The molecule has 144 valence electrons. The molecule has 4 rings (SSSR count). The Balaban J connectivity index is 1.86. The molecule has 0 saturated heterocycles. The van der Waals surface area contributed by atoms with E-state index in [-0.39, 0.29) is 0 Å². The fraction of sp³-hybridized carbons (Fsp3) is 0.500. The zero-order valence-electron chi connectivity index (χ0n) is 15.8. The van der Waals surface area contributed by atoms with Crippen molar-refractivity contribution in [2.45, 2.75) is 51.7 Å². The molecule has 5 nitrogen and oxygen atoms in total. The minimum atomic E-state index is -0.884. The normalized spacial score (nSPS) is 18.8. The molecule has 1 aromatic heterocycles. The Bertz CT molecular complexity index is 885. The lowest BCUT2D eigenvalue weighted by Gasteiger charge is -2.43. The summed E-state index contributed by atoms with van der Waals surface area (Å²) in [5.41, 5.74) is 1.15. The van der Waals surface area contributed by atoms with Gasteiger partial charge in [0.2, 0.25) is 0 Å². The number of hydrogen-bond donors (Lipinski definition) is 1. The molecule has 2 aliphatic rings. The number of benzene rings is 1. The van der Waals surface area contributed by atoms with Crippen LogP contribution in [0.1, 0.15) is 50.4 Å². The average molecular weight is 407 g/mol. The minimum absolute atomic E-state index is 0.330. The van der Waals surface area contributed by atoms with Gasteiger partial charge in [-0.3, -0.25) is 0 Å². The maximum absolute atomic E-state index is 11.2. The Hall–Kier alpha value is -1.56. The summed E-state index contributed by atoms with van der Waals surface area (Å²) < 4.78 is 0. The SMILES string of the molecule is CCC(O)(CC)N1CCC2CN(c3ccc(Cl)cc3Cl)c3nc(C)nc1c32. The van der Waals surface area contributed by atoms with Crippen molar-refractivity contribution in [1.82, 2.24) is 9.97 Å². The van der Waals surface area contributed by atoms with E-state index in [2.05, 4.69) is 9.80 Å². The predicted octanol–water partition coefficient (Wildman–Crippen LogP) is 5.05. The summed E-state index contributed by atoms with van der Waals surface area (Å²) in [6.07, 6.45) is 2.26. The third-order valence-corrected chi connectivity index (χ3v) is 6.41. The lowest BCUT2D eigenvalue weighted by Crippen LogP contribution is -2.51. The maximum Gasteiger partial charge on any atom is 0.142 e. The number of hydrogen-bond acceptors (Lipinski definition) is 5. The standard InChI is InChI=1S/C20H24Cl2N4O/c1-4-20(27,5-2)26-9-8-13-11-25(16-7-6-14(21)10-15(16)22)18-17(13)19(26)24-12(3)23-18/h6-7,10,13,27H,4-5,8-9,11H2,1-3H3. The van der Waals surface area contributed by atoms with Crippen molar-refractivity contribution >= 4 is 40.5 Å². The highest BCUT2D eigenvalue weighted by Crippen LogP contribution is 2.50. The quantitative estimate of drug-likeness (QED) is 0.769. The van der Waals surface area contributed by atoms with Gasteiger partial charge >= 0.3 is 0 Å². The Kier molecular flexibility index (Phi) is 4.73. The van der Waals surface area contributed by atoms with Gasteiger partial charge in [0, 0.05) is 29.6 Å². The molecule has 1 aromatic carbocycles. The second-order valence-corrected chi connectivity index (χ2v) is 8.21. The average Bonchev–Trinajstić information content (AvgIpc) is 3.00. The molecule has 2 aliphatic heterocycles. The van der Waals surface area contributed by atoms with Crippen LogP contribution in [0.2, 0.25) is 10.0 Å². The first kappa shape index (κ1) is 18.8. The fourth-order valence-corrected chi connectivity index (χ4v) is 4.81. The van der Waals surface area contributed by atoms with Crippen molar-refractivity contribution in [3.63, 3.8) is 0 Å². The molecular formula is C20H24Cl2N4O. The molecule has 2 aromatic rings. The van der Waals surface area contributed by atoms with Crippen molar-refractivity contribution < 1.29 is 5.11 Å². The zero-order chi connectivity index (χ0) is 19.3. The second kappa shape index (κ2) is 6.80. The van der Waals surface area contributed by atoms with Gasteiger partial charge in [0.1, 0.15) is 23.2 Å². The van der Waals surface area contributed by atoms with Crippen molar-refractivity contribution in [2.24, 2.45) is 0 Å². The molecule has 0 amide bonds. The third-order valence-electron chi connectivity index (χ3n) is 5.88. The second-order valence-electron chi connectivity index (χ2n) is 7.36. The van der Waals surface area contributed by atoms with E-state index in [4.69, 9.17) is 33.2 Å². The topological polar surface area (TPSA) is 52.5 Å². The van der Waals surface area contributed by atoms with Gasteiger partial charge < -0.3 is 14.9 Å². The minimum Gasteiger partial charge on any atom is -0.371 e. The predicted molar refractivity (Wildman–Crippen MR) is 110 cm³/mol. The monoisotopic (exact) mass is 406 g/mol. The van der Waals surface area contributed by atoms with Gasteiger partial charge in [-0.2, -0.15) is 0 Å². The first-order chi connectivity index (χ1) is 12.9. The van der Waals surface area contributed by atoms with Gasteiger partial charge in [0.25, 0.3) is 0 Å². The number of rotatable bonds is 4. The molecule has 0 aliphatic carbocycles. The highest BCUT2D eigenvalue weighted by Gasteiger charge is 2.44. The van der Waals surface area contributed by atoms with Crippen LogP contribution in [0.25, 0.3) is 0 Å². The summed E-state index contributed by atoms with van der Waals surface area (Å²) in [6, 6.07) is 5.56. The van der Waals surface area contributed by atoms with Gasteiger partial charge in [-0.15, -0.1) is 0 Å². The third kappa shape index (κ3) is 2.96. The van der Waals surface area contributed by atoms with E-state index >= 15 is 0 Å². The van der Waals surface area contributed by atoms with Crippen LogP contribution >= 0.6 is 23.2 Å². The first-order valence-corrected chi connectivity index (χ1v) is 10.2. The molecule has 1 atom stereocenters. The van der Waals surface area contributed by atoms with Crippen LogP contribution < -0.4 is 9.80 Å². The molecule has 1 unspecified atom stereocenters. The molecule has 0 spiro atoms. The number of aromatic nitrogens is 2. The van der Waals surface area contributed by atoms with Crippen LogP contribution in [0.5, 0.6) is 0 Å². The Morgan fingerprint density at radius 2 is 1.89 bits per heavy atom. The van der Waals surface area contributed by atoms with Gasteiger partial charge in [0.05, 0.1) is 10.7 Å². The summed E-state index contributed by atoms with van der Waals surface area (Å²) in [5, 5.41) is 12.4. The van der Waals surface area contributed by atoms with E-state index in [0.717, 1.165) is 42.4 Å². The van der Waals surface area contributed by atoms with Crippen molar-refractivity contribution in [3.8, 4) is 0 Å². The molecule has 27 heavy (non-hydrogen) atoms. The van der Waals surface area contributed by atoms with Crippen LogP contribution in [0.4, 0.5) is 17.3 Å². The summed E-state index contributed by atoms with van der Waals surface area (Å²) in [7, 11) is 0. The molecule has 1 N–H and O–H groups in total. The molecule has 0 bridgehead atoms. The summed E-state index contributed by atoms with van der Waals surface area (Å²) in [5.74, 6) is 2.79. The van der Waals surface area contributed by atoms with Crippen LogP contribution in [0, 0.1) is 6.92 Å². The molecule has 0 radical (unpaired) electrons. The Morgan fingerprint density at radius 3 is 2.56 bits per heavy atom. The van der Waals surface area contributed by atoms with Gasteiger partial charge in [0.15, 0.2) is 0 Å². The van der Waals surface area contributed by atoms with E-state index in [1.54, 1.807) is 6.07 Å². The largest absolute Gasteiger partial charge is 0.371 e. The van der Waals surface area contributed by atoms with Gasteiger partial charge in [-0.1, -0.05) is 37.0 Å². The van der Waals surface area contributed by atoms with Crippen LogP contribution in [-0.4, -0.2) is 33.9 Å². The smallest absolute Gasteiger partial charge is 0.142 e. The maximum atomic E-state index is 11.2. The first-order valence-electron chi connectivity index (χ1n) is 9.49. The summed E-state index contributed by atoms with van der Waals surface area (Å²) in [4.78, 5) is 13.7. The molecule has 0 saturated carbocycles. The number of aliphatic hydroxyl groups is 1. The van der Waals surface area contributed by atoms with Crippen LogP contribution in [0.15, 0.2) is 18.2 Å².